The Hall–Kier alpha value is -1.62. The Kier molecular flexibility index (Phi) is 13.3. The smallest absolute Gasteiger partial charge is 0.331 e. The Labute approximate surface area is 116 Å². The van der Waals surface area contributed by atoms with E-state index >= 15 is 0 Å². The molecule has 0 spiro atoms. The highest BCUT2D eigenvalue weighted by atomic mass is 16.4. The summed E-state index contributed by atoms with van der Waals surface area (Å²) < 4.78 is 0. The van der Waals surface area contributed by atoms with Crippen LogP contribution < -0.4 is 5.32 Å². The van der Waals surface area contributed by atoms with Gasteiger partial charge in [-0.15, -0.1) is 0 Å². The fraction of sp³-hybridized carbons (Fsp3) is 0.571. The number of rotatable bonds is 7. The normalized spacial score (nSPS) is 10.9. The van der Waals surface area contributed by atoms with Gasteiger partial charge in [0, 0.05) is 18.7 Å². The molecule has 0 saturated heterocycles. The number of hydrogen-bond acceptors (Lipinski definition) is 2. The lowest BCUT2D eigenvalue weighted by Crippen LogP contribution is -2.81. The molecule has 0 aliphatic carbocycles. The molecule has 0 aromatic carbocycles. The van der Waals surface area contributed by atoms with Crippen molar-refractivity contribution >= 4 is 11.9 Å². The van der Waals surface area contributed by atoms with Gasteiger partial charge in [0.1, 0.15) is 0 Å². The second kappa shape index (κ2) is 12.8. The minimum Gasteiger partial charge on any atom is -0.478 e. The summed E-state index contributed by atoms with van der Waals surface area (Å²) in [6.07, 6.45) is 4.81. The minimum atomic E-state index is -0.936. The van der Waals surface area contributed by atoms with Gasteiger partial charge in [-0.2, -0.15) is 0 Å². The summed E-state index contributed by atoms with van der Waals surface area (Å²) in [7, 11) is 0. The highest BCUT2D eigenvalue weighted by molar-refractivity contribution is 5.86. The topological polar surface area (TPSA) is 74.2 Å². The maximum atomic E-state index is 11.6. The van der Waals surface area contributed by atoms with Crippen LogP contribution in [-0.2, 0) is 9.59 Å². The zero-order chi connectivity index (χ0) is 15.3. The molecule has 19 heavy (non-hydrogen) atoms. The third kappa shape index (κ3) is 10.0. The van der Waals surface area contributed by atoms with Crippen LogP contribution in [0.15, 0.2) is 23.9 Å². The van der Waals surface area contributed by atoms with Crippen molar-refractivity contribution in [2.45, 2.75) is 34.6 Å². The van der Waals surface area contributed by atoms with Gasteiger partial charge in [0.25, 0.3) is 5.91 Å². The van der Waals surface area contributed by atoms with Crippen molar-refractivity contribution in [2.75, 3.05) is 19.6 Å². The van der Waals surface area contributed by atoms with Gasteiger partial charge in [-0.25, -0.2) is 4.79 Å². The van der Waals surface area contributed by atoms with E-state index in [1.54, 1.807) is 22.5 Å². The molecule has 0 atom stereocenters. The lowest BCUT2D eigenvalue weighted by atomic mass is 10.3. The Morgan fingerprint density at radius 1 is 1.21 bits per heavy atom. The predicted octanol–water partition coefficient (Wildman–Crippen LogP) is 0.989. The Morgan fingerprint density at radius 2 is 1.74 bits per heavy atom. The molecular weight excluding hydrogens is 244 g/mol. The first-order valence-corrected chi connectivity index (χ1v) is 6.70. The van der Waals surface area contributed by atoms with E-state index < -0.39 is 5.97 Å². The average molecular weight is 271 g/mol. The number of carbonyl (C=O) groups excluding carboxylic acids is 1. The van der Waals surface area contributed by atoms with Crippen LogP contribution in [0, 0.1) is 0 Å². The van der Waals surface area contributed by atoms with Crippen molar-refractivity contribution in [3.8, 4) is 0 Å². The molecule has 0 bridgehead atoms. The van der Waals surface area contributed by atoms with E-state index in [4.69, 9.17) is 5.11 Å². The number of nitrogens with two attached hydrogens (primary N) is 1. The van der Waals surface area contributed by atoms with Crippen LogP contribution in [-0.4, -0.2) is 41.5 Å². The van der Waals surface area contributed by atoms with E-state index in [-0.39, 0.29) is 11.5 Å². The molecule has 110 valence electrons. The number of amides is 1. The number of likely N-dealkylation sites (N-methyl/N-ethyl adjacent to an activating group) is 1. The summed E-state index contributed by atoms with van der Waals surface area (Å²) in [6, 6.07) is 0. The van der Waals surface area contributed by atoms with Crippen molar-refractivity contribution in [3.63, 3.8) is 0 Å². The van der Waals surface area contributed by atoms with E-state index in [9.17, 15) is 9.59 Å². The lowest BCUT2D eigenvalue weighted by molar-refractivity contribution is -0.576. The fourth-order valence-electron chi connectivity index (χ4n) is 1.22. The van der Waals surface area contributed by atoms with Crippen LogP contribution in [0.5, 0.6) is 0 Å². The predicted molar refractivity (Wildman–Crippen MR) is 76.6 cm³/mol. The molecule has 0 heterocycles. The molecule has 3 N–H and O–H groups in total. The summed E-state index contributed by atoms with van der Waals surface area (Å²) in [5.74, 6) is -0.854. The van der Waals surface area contributed by atoms with E-state index in [0.29, 0.717) is 19.6 Å². The molecule has 0 aliphatic heterocycles. The summed E-state index contributed by atoms with van der Waals surface area (Å²) in [6.45, 7) is 11.2. The summed E-state index contributed by atoms with van der Waals surface area (Å²) >= 11 is 0. The van der Waals surface area contributed by atoms with Crippen molar-refractivity contribution in [1.82, 2.24) is 4.90 Å². The molecular formula is C14H27N2O3+. The van der Waals surface area contributed by atoms with Crippen molar-refractivity contribution < 1.29 is 20.0 Å². The van der Waals surface area contributed by atoms with Gasteiger partial charge in [-0.1, -0.05) is 13.8 Å². The number of quaternary nitrogens is 1. The zero-order valence-corrected chi connectivity index (χ0v) is 12.6. The van der Waals surface area contributed by atoms with E-state index in [1.807, 2.05) is 27.7 Å². The summed E-state index contributed by atoms with van der Waals surface area (Å²) in [5.41, 5.74) is 0.268. The van der Waals surface area contributed by atoms with Crippen LogP contribution in [0.25, 0.3) is 0 Å². The maximum Gasteiger partial charge on any atom is 0.331 e. The molecule has 0 fully saturated rings. The largest absolute Gasteiger partial charge is 0.478 e. The SMILES string of the molecule is CC.CCN(CC)C(=O)C[NH2+]/C=C\C=C(/C)C(=O)O. The van der Waals surface area contributed by atoms with Crippen molar-refractivity contribution in [3.05, 3.63) is 23.9 Å². The van der Waals surface area contributed by atoms with E-state index in [1.165, 1.54) is 13.0 Å². The first kappa shape index (κ1) is 19.7. The highest BCUT2D eigenvalue weighted by Gasteiger charge is 2.09. The Bertz CT molecular complexity index is 319. The first-order chi connectivity index (χ1) is 9.02. The molecule has 0 aromatic rings. The molecule has 5 heteroatoms. The van der Waals surface area contributed by atoms with Crippen LogP contribution in [0.4, 0.5) is 0 Å². The molecule has 0 aromatic heterocycles. The van der Waals surface area contributed by atoms with E-state index in [0.717, 1.165) is 0 Å². The molecule has 0 aliphatic rings. The average Bonchev–Trinajstić information content (AvgIpc) is 2.41. The highest BCUT2D eigenvalue weighted by Crippen LogP contribution is 1.90. The first-order valence-electron chi connectivity index (χ1n) is 6.70. The van der Waals surface area contributed by atoms with Gasteiger partial charge in [0.2, 0.25) is 0 Å². The van der Waals surface area contributed by atoms with Gasteiger partial charge >= 0.3 is 5.97 Å². The third-order valence-electron chi connectivity index (χ3n) is 2.34. The van der Waals surface area contributed by atoms with Crippen molar-refractivity contribution in [2.24, 2.45) is 0 Å². The minimum absolute atomic E-state index is 0.0820. The molecule has 0 saturated carbocycles. The van der Waals surface area contributed by atoms with Crippen LogP contribution >= 0.6 is 0 Å². The molecule has 0 radical (unpaired) electrons. The van der Waals surface area contributed by atoms with Crippen LogP contribution in [0.1, 0.15) is 34.6 Å². The fourth-order valence-corrected chi connectivity index (χ4v) is 1.22. The number of aliphatic carboxylic acids is 1. The third-order valence-corrected chi connectivity index (χ3v) is 2.34. The van der Waals surface area contributed by atoms with Gasteiger partial charge in [0.15, 0.2) is 6.54 Å². The van der Waals surface area contributed by atoms with Gasteiger partial charge in [-0.3, -0.25) is 4.79 Å². The number of nitrogens with zero attached hydrogens (tertiary/aromatic N) is 1. The molecule has 0 unspecified atom stereocenters. The second-order valence-corrected chi connectivity index (χ2v) is 3.55. The van der Waals surface area contributed by atoms with Gasteiger partial charge in [-0.05, 0) is 32.9 Å². The second-order valence-electron chi connectivity index (χ2n) is 3.55. The number of hydrogen-bond donors (Lipinski definition) is 2. The number of carboxylic acid groups (broad SMARTS) is 1. The van der Waals surface area contributed by atoms with Gasteiger partial charge < -0.3 is 15.3 Å². The lowest BCUT2D eigenvalue weighted by Gasteiger charge is -2.16. The Morgan fingerprint density at radius 3 is 2.16 bits per heavy atom. The number of carbonyl (C=O) groups is 2. The molecule has 5 nitrogen and oxygen atoms in total. The molecule has 0 rings (SSSR count). The number of allylic oxidation sites excluding steroid dienone is 2. The Balaban J connectivity index is 0. The molecule has 1 amide bonds. The number of carboxylic acids is 1. The van der Waals surface area contributed by atoms with Crippen LogP contribution in [0.2, 0.25) is 0 Å². The van der Waals surface area contributed by atoms with Crippen molar-refractivity contribution in [1.29, 1.82) is 0 Å². The monoisotopic (exact) mass is 271 g/mol. The zero-order valence-electron chi connectivity index (χ0n) is 12.6. The standard InChI is InChI=1S/C12H20N2O3.C2H6/c1-4-14(5-2)11(15)9-13-8-6-7-10(3)12(16)17;1-2/h6-8,13H,4-5,9H2,1-3H3,(H,16,17);1-2H3/p+1/b8-6-,10-7+;. The quantitative estimate of drug-likeness (QED) is 0.535. The van der Waals surface area contributed by atoms with Gasteiger partial charge in [0.05, 0.1) is 6.20 Å². The van der Waals surface area contributed by atoms with E-state index in [2.05, 4.69) is 0 Å². The maximum absolute atomic E-state index is 11.6. The summed E-state index contributed by atoms with van der Waals surface area (Å²) in [4.78, 5) is 23.8. The van der Waals surface area contributed by atoms with Crippen LogP contribution in [0.3, 0.4) is 0 Å². The summed E-state index contributed by atoms with van der Waals surface area (Å²) in [5, 5.41) is 10.3.